The van der Waals surface area contributed by atoms with Crippen LogP contribution < -0.4 is 0 Å². The summed E-state index contributed by atoms with van der Waals surface area (Å²) in [4.78, 5) is 10.4. The van der Waals surface area contributed by atoms with Gasteiger partial charge in [-0.15, -0.1) is 0 Å². The van der Waals surface area contributed by atoms with Crippen molar-refractivity contribution in [3.8, 4) is 11.5 Å². The van der Waals surface area contributed by atoms with E-state index in [1.165, 1.54) is 0 Å². The molecule has 2 rings (SSSR count). The highest BCUT2D eigenvalue weighted by atomic mass is 16.5. The summed E-state index contributed by atoms with van der Waals surface area (Å²) in [5, 5.41) is 13.2. The van der Waals surface area contributed by atoms with E-state index in [0.717, 1.165) is 0 Å². The second kappa shape index (κ2) is 5.46. The van der Waals surface area contributed by atoms with E-state index in [1.54, 1.807) is 6.20 Å². The molecule has 0 bridgehead atoms. The molecule has 0 unspecified atom stereocenters. The number of aromatic nitrogens is 3. The van der Waals surface area contributed by atoms with Crippen LogP contribution in [0.25, 0.3) is 11.5 Å². The van der Waals surface area contributed by atoms with Gasteiger partial charge in [-0.2, -0.15) is 4.98 Å². The summed E-state index contributed by atoms with van der Waals surface area (Å²) in [5.74, 6) is 0.982. The Kier molecular flexibility index (Phi) is 3.92. The Labute approximate surface area is 112 Å². The first-order valence-corrected chi connectivity index (χ1v) is 6.09. The molecule has 0 saturated carbocycles. The van der Waals surface area contributed by atoms with Crippen molar-refractivity contribution in [3.05, 3.63) is 30.3 Å². The Balaban J connectivity index is 2.10. The van der Waals surface area contributed by atoms with E-state index < -0.39 is 0 Å². The molecule has 0 spiro atoms. The minimum Gasteiger partial charge on any atom is -0.394 e. The molecule has 0 aliphatic rings. The lowest BCUT2D eigenvalue weighted by Gasteiger charge is -2.32. The first-order chi connectivity index (χ1) is 9.03. The third kappa shape index (κ3) is 3.15. The molecule has 2 aromatic heterocycles. The van der Waals surface area contributed by atoms with Crippen molar-refractivity contribution in [2.45, 2.75) is 25.9 Å². The molecule has 0 aromatic carbocycles. The summed E-state index contributed by atoms with van der Waals surface area (Å²) >= 11 is 0. The first kappa shape index (κ1) is 13.6. The van der Waals surface area contributed by atoms with Crippen molar-refractivity contribution in [2.75, 3.05) is 13.7 Å². The molecule has 2 heterocycles. The molecular weight excluding hydrogens is 244 g/mol. The maximum Gasteiger partial charge on any atom is 0.241 e. The fourth-order valence-corrected chi connectivity index (χ4v) is 1.46. The fraction of sp³-hybridized carbons (Fsp3) is 0.462. The van der Waals surface area contributed by atoms with E-state index in [-0.39, 0.29) is 12.1 Å². The number of hydrogen-bond acceptors (Lipinski definition) is 6. The predicted octanol–water partition coefficient (Wildman–Crippen LogP) is 1.33. The second-order valence-electron chi connectivity index (χ2n) is 5.05. The number of rotatable bonds is 5. The standard InChI is InChI=1S/C13H18N4O2/c1-13(2,9-18)17(3)8-11-15-12(16-19-11)10-6-4-5-7-14-10/h4-7,18H,8-9H2,1-3H3. The molecule has 19 heavy (non-hydrogen) atoms. The zero-order chi connectivity index (χ0) is 13.9. The van der Waals surface area contributed by atoms with Crippen LogP contribution in [0.5, 0.6) is 0 Å². The average Bonchev–Trinajstić information content (AvgIpc) is 2.88. The Morgan fingerprint density at radius 3 is 2.79 bits per heavy atom. The van der Waals surface area contributed by atoms with Crippen LogP contribution in [0.2, 0.25) is 0 Å². The lowest BCUT2D eigenvalue weighted by Crippen LogP contribution is -2.43. The molecule has 1 N–H and O–H groups in total. The molecule has 0 fully saturated rings. The largest absolute Gasteiger partial charge is 0.394 e. The summed E-state index contributed by atoms with van der Waals surface area (Å²) in [5.41, 5.74) is 0.348. The molecule has 0 saturated heterocycles. The van der Waals surface area contributed by atoms with Crippen LogP contribution in [0.4, 0.5) is 0 Å². The highest BCUT2D eigenvalue weighted by Gasteiger charge is 2.24. The molecule has 0 amide bonds. The Morgan fingerprint density at radius 2 is 2.16 bits per heavy atom. The number of likely N-dealkylation sites (N-methyl/N-ethyl adjacent to an activating group) is 1. The van der Waals surface area contributed by atoms with Crippen LogP contribution in [-0.2, 0) is 6.54 Å². The highest BCUT2D eigenvalue weighted by Crippen LogP contribution is 2.16. The van der Waals surface area contributed by atoms with Gasteiger partial charge in [0.2, 0.25) is 11.7 Å². The molecular formula is C13H18N4O2. The second-order valence-corrected chi connectivity index (χ2v) is 5.05. The van der Waals surface area contributed by atoms with Crippen molar-refractivity contribution in [2.24, 2.45) is 0 Å². The summed E-state index contributed by atoms with van der Waals surface area (Å²) in [6, 6.07) is 5.54. The monoisotopic (exact) mass is 262 g/mol. The lowest BCUT2D eigenvalue weighted by atomic mass is 10.1. The van der Waals surface area contributed by atoms with E-state index in [4.69, 9.17) is 4.52 Å². The summed E-state index contributed by atoms with van der Waals surface area (Å²) in [7, 11) is 1.90. The van der Waals surface area contributed by atoms with Gasteiger partial charge in [-0.25, -0.2) is 0 Å². The SMILES string of the molecule is CN(Cc1nc(-c2ccccn2)no1)C(C)(C)CO. The van der Waals surface area contributed by atoms with Crippen molar-refractivity contribution in [3.63, 3.8) is 0 Å². The van der Waals surface area contributed by atoms with Crippen LogP contribution >= 0.6 is 0 Å². The summed E-state index contributed by atoms with van der Waals surface area (Å²) < 4.78 is 5.20. The maximum atomic E-state index is 9.31. The van der Waals surface area contributed by atoms with Gasteiger partial charge in [-0.05, 0) is 33.0 Å². The predicted molar refractivity (Wildman–Crippen MR) is 70.2 cm³/mol. The van der Waals surface area contributed by atoms with Gasteiger partial charge in [0.1, 0.15) is 5.69 Å². The van der Waals surface area contributed by atoms with Crippen molar-refractivity contribution < 1.29 is 9.63 Å². The van der Waals surface area contributed by atoms with Gasteiger partial charge in [0, 0.05) is 11.7 Å². The molecule has 0 atom stereocenters. The van der Waals surface area contributed by atoms with Crippen molar-refractivity contribution >= 4 is 0 Å². The fourth-order valence-electron chi connectivity index (χ4n) is 1.46. The molecule has 0 aliphatic heterocycles. The lowest BCUT2D eigenvalue weighted by molar-refractivity contribution is 0.0652. The number of nitrogens with zero attached hydrogens (tertiary/aromatic N) is 4. The maximum absolute atomic E-state index is 9.31. The summed E-state index contributed by atoms with van der Waals surface area (Å²) in [6.07, 6.45) is 1.69. The first-order valence-electron chi connectivity index (χ1n) is 6.09. The van der Waals surface area contributed by atoms with E-state index in [9.17, 15) is 5.11 Å². The van der Waals surface area contributed by atoms with Crippen LogP contribution in [0, 0.1) is 0 Å². The van der Waals surface area contributed by atoms with Gasteiger partial charge in [0.05, 0.1) is 13.2 Å². The smallest absolute Gasteiger partial charge is 0.241 e. The Morgan fingerprint density at radius 1 is 1.37 bits per heavy atom. The molecule has 6 heteroatoms. The minimum atomic E-state index is -0.334. The molecule has 0 aliphatic carbocycles. The zero-order valence-electron chi connectivity index (χ0n) is 11.4. The van der Waals surface area contributed by atoms with E-state index in [0.29, 0.717) is 24.0 Å². The Bertz CT molecular complexity index is 524. The normalized spacial score (nSPS) is 12.1. The van der Waals surface area contributed by atoms with Gasteiger partial charge >= 0.3 is 0 Å². The average molecular weight is 262 g/mol. The van der Waals surface area contributed by atoms with Crippen molar-refractivity contribution in [1.29, 1.82) is 0 Å². The van der Waals surface area contributed by atoms with Crippen LogP contribution in [0.3, 0.4) is 0 Å². The molecule has 102 valence electrons. The topological polar surface area (TPSA) is 75.3 Å². The van der Waals surface area contributed by atoms with Gasteiger partial charge in [0.25, 0.3) is 0 Å². The Hall–Kier alpha value is -1.79. The minimum absolute atomic E-state index is 0.0603. The van der Waals surface area contributed by atoms with Crippen LogP contribution in [0.1, 0.15) is 19.7 Å². The van der Waals surface area contributed by atoms with E-state index >= 15 is 0 Å². The van der Waals surface area contributed by atoms with Gasteiger partial charge < -0.3 is 9.63 Å². The number of aliphatic hydroxyl groups is 1. The number of pyridine rings is 1. The molecule has 0 radical (unpaired) electrons. The number of aliphatic hydroxyl groups excluding tert-OH is 1. The van der Waals surface area contributed by atoms with Crippen molar-refractivity contribution in [1.82, 2.24) is 20.0 Å². The van der Waals surface area contributed by atoms with Gasteiger partial charge in [-0.1, -0.05) is 11.2 Å². The van der Waals surface area contributed by atoms with Gasteiger partial charge in [0.15, 0.2) is 0 Å². The summed E-state index contributed by atoms with van der Waals surface area (Å²) in [6.45, 7) is 4.43. The quantitative estimate of drug-likeness (QED) is 0.876. The van der Waals surface area contributed by atoms with E-state index in [1.807, 2.05) is 44.0 Å². The molecule has 6 nitrogen and oxygen atoms in total. The molecule has 2 aromatic rings. The van der Waals surface area contributed by atoms with Crippen LogP contribution in [-0.4, -0.2) is 44.3 Å². The third-order valence-corrected chi connectivity index (χ3v) is 3.15. The number of hydrogen-bond donors (Lipinski definition) is 1. The zero-order valence-corrected chi connectivity index (χ0v) is 11.4. The van der Waals surface area contributed by atoms with Gasteiger partial charge in [-0.3, -0.25) is 9.88 Å². The van der Waals surface area contributed by atoms with Crippen LogP contribution in [0.15, 0.2) is 28.9 Å². The highest BCUT2D eigenvalue weighted by molar-refractivity contribution is 5.46. The third-order valence-electron chi connectivity index (χ3n) is 3.15. The van der Waals surface area contributed by atoms with E-state index in [2.05, 4.69) is 15.1 Å².